The van der Waals surface area contributed by atoms with Crippen molar-refractivity contribution < 1.29 is 14.3 Å². The summed E-state index contributed by atoms with van der Waals surface area (Å²) >= 11 is 3.02. The molecule has 1 heterocycles. The van der Waals surface area contributed by atoms with Crippen molar-refractivity contribution in [2.24, 2.45) is 0 Å². The second-order valence-electron chi connectivity index (χ2n) is 5.05. The van der Waals surface area contributed by atoms with E-state index < -0.39 is 0 Å². The van der Waals surface area contributed by atoms with Gasteiger partial charge in [-0.05, 0) is 29.8 Å². The quantitative estimate of drug-likeness (QED) is 0.468. The van der Waals surface area contributed by atoms with E-state index in [4.69, 9.17) is 9.47 Å². The Bertz CT molecular complexity index is 782. The maximum Gasteiger partial charge on any atom is 0.316 e. The molecule has 2 aromatic carbocycles. The lowest BCUT2D eigenvalue weighted by Gasteiger charge is -2.05. The van der Waals surface area contributed by atoms with Gasteiger partial charge in [0.1, 0.15) is 5.75 Å². The highest BCUT2D eigenvalue weighted by Gasteiger charge is 2.08. The highest BCUT2D eigenvalue weighted by Crippen LogP contribution is 2.29. The SMILES string of the molecule is COc1ccc(CCOC(=O)CSc2nc3ccccc3s2)cc1. The van der Waals surface area contributed by atoms with E-state index in [0.29, 0.717) is 13.0 Å². The molecule has 4 nitrogen and oxygen atoms in total. The van der Waals surface area contributed by atoms with E-state index in [1.54, 1.807) is 18.4 Å². The van der Waals surface area contributed by atoms with Gasteiger partial charge in [-0.3, -0.25) is 4.79 Å². The summed E-state index contributed by atoms with van der Waals surface area (Å²) in [5.74, 6) is 0.887. The van der Waals surface area contributed by atoms with E-state index in [-0.39, 0.29) is 11.7 Å². The second-order valence-corrected chi connectivity index (χ2v) is 7.31. The number of thioether (sulfide) groups is 1. The summed E-state index contributed by atoms with van der Waals surface area (Å²) in [6.45, 7) is 0.381. The molecule has 0 amide bonds. The number of esters is 1. The van der Waals surface area contributed by atoms with Crippen LogP contribution in [0.15, 0.2) is 52.9 Å². The lowest BCUT2D eigenvalue weighted by atomic mass is 10.1. The molecule has 6 heteroatoms. The largest absolute Gasteiger partial charge is 0.497 e. The number of hydrogen-bond donors (Lipinski definition) is 0. The van der Waals surface area contributed by atoms with Crippen molar-refractivity contribution in [3.63, 3.8) is 0 Å². The maximum atomic E-state index is 11.8. The summed E-state index contributed by atoms with van der Waals surface area (Å²) in [7, 11) is 1.64. The molecule has 0 N–H and O–H groups in total. The highest BCUT2D eigenvalue weighted by atomic mass is 32.2. The van der Waals surface area contributed by atoms with Crippen LogP contribution in [0, 0.1) is 0 Å². The van der Waals surface area contributed by atoms with E-state index >= 15 is 0 Å². The van der Waals surface area contributed by atoms with E-state index in [0.717, 1.165) is 25.9 Å². The predicted molar refractivity (Wildman–Crippen MR) is 98.0 cm³/mol. The van der Waals surface area contributed by atoms with Crippen molar-refractivity contribution in [1.82, 2.24) is 4.98 Å². The fraction of sp³-hybridized carbons (Fsp3) is 0.222. The lowest BCUT2D eigenvalue weighted by Crippen LogP contribution is -2.09. The third-order valence-electron chi connectivity index (χ3n) is 3.40. The first-order valence-electron chi connectivity index (χ1n) is 7.51. The molecular formula is C18H17NO3S2. The van der Waals surface area contributed by atoms with Crippen LogP contribution >= 0.6 is 23.1 Å². The summed E-state index contributed by atoms with van der Waals surface area (Å²) in [6.07, 6.45) is 0.696. The molecule has 1 aromatic heterocycles. The standard InChI is InChI=1S/C18H17NO3S2/c1-21-14-8-6-13(7-9-14)10-11-22-17(20)12-23-18-19-15-4-2-3-5-16(15)24-18/h2-9H,10-12H2,1H3. The number of fused-ring (bicyclic) bond motifs is 1. The topological polar surface area (TPSA) is 48.4 Å². The molecule has 0 atom stereocenters. The van der Waals surface area contributed by atoms with Gasteiger partial charge in [0.2, 0.25) is 0 Å². The first kappa shape index (κ1) is 16.8. The summed E-state index contributed by atoms with van der Waals surface area (Å²) in [4.78, 5) is 16.3. The van der Waals surface area contributed by atoms with Gasteiger partial charge in [0.05, 0.1) is 29.7 Å². The Morgan fingerprint density at radius 2 is 1.96 bits per heavy atom. The van der Waals surface area contributed by atoms with Gasteiger partial charge in [-0.1, -0.05) is 36.0 Å². The van der Waals surface area contributed by atoms with Gasteiger partial charge in [0, 0.05) is 6.42 Å². The number of methoxy groups -OCH3 is 1. The van der Waals surface area contributed by atoms with Gasteiger partial charge in [-0.25, -0.2) is 4.98 Å². The number of carbonyl (C=O) groups excluding carboxylic acids is 1. The van der Waals surface area contributed by atoms with Crippen LogP contribution in [-0.2, 0) is 16.0 Å². The molecule has 0 aliphatic carbocycles. The maximum absolute atomic E-state index is 11.8. The lowest BCUT2D eigenvalue weighted by molar-refractivity contribution is -0.140. The number of benzene rings is 2. The fourth-order valence-electron chi connectivity index (χ4n) is 2.15. The van der Waals surface area contributed by atoms with Crippen molar-refractivity contribution in [2.45, 2.75) is 10.8 Å². The number of rotatable bonds is 7. The first-order chi connectivity index (χ1) is 11.7. The molecule has 3 aromatic rings. The van der Waals surface area contributed by atoms with Crippen molar-refractivity contribution in [3.8, 4) is 5.75 Å². The third kappa shape index (κ3) is 4.49. The van der Waals surface area contributed by atoms with Gasteiger partial charge >= 0.3 is 5.97 Å². The van der Waals surface area contributed by atoms with Gasteiger partial charge < -0.3 is 9.47 Å². The molecule has 124 valence electrons. The van der Waals surface area contributed by atoms with E-state index in [1.165, 1.54) is 11.8 Å². The third-order valence-corrected chi connectivity index (χ3v) is 5.55. The fourth-order valence-corrected chi connectivity index (χ4v) is 4.02. The van der Waals surface area contributed by atoms with Gasteiger partial charge in [0.15, 0.2) is 4.34 Å². The summed E-state index contributed by atoms with van der Waals surface area (Å²) < 4.78 is 12.4. The van der Waals surface area contributed by atoms with E-state index in [9.17, 15) is 4.79 Å². The molecule has 0 bridgehead atoms. The van der Waals surface area contributed by atoms with Gasteiger partial charge in [0.25, 0.3) is 0 Å². The van der Waals surface area contributed by atoms with E-state index in [1.807, 2.05) is 48.5 Å². The van der Waals surface area contributed by atoms with Gasteiger partial charge in [-0.2, -0.15) is 0 Å². The average molecular weight is 359 g/mol. The van der Waals surface area contributed by atoms with Crippen molar-refractivity contribution in [3.05, 3.63) is 54.1 Å². The molecule has 24 heavy (non-hydrogen) atoms. The number of ether oxygens (including phenoxy) is 2. The molecule has 0 radical (unpaired) electrons. The van der Waals surface area contributed by atoms with Crippen molar-refractivity contribution >= 4 is 39.3 Å². The molecular weight excluding hydrogens is 342 g/mol. The minimum absolute atomic E-state index is 0.215. The van der Waals surface area contributed by atoms with Gasteiger partial charge in [-0.15, -0.1) is 11.3 Å². The molecule has 3 rings (SSSR count). The van der Waals surface area contributed by atoms with Crippen LogP contribution in [0.2, 0.25) is 0 Å². The number of hydrogen-bond acceptors (Lipinski definition) is 6. The molecule has 0 aliphatic rings. The molecule has 0 fully saturated rings. The Morgan fingerprint density at radius 1 is 1.17 bits per heavy atom. The van der Waals surface area contributed by atoms with Crippen LogP contribution in [0.5, 0.6) is 5.75 Å². The molecule has 0 saturated heterocycles. The summed E-state index contributed by atoms with van der Waals surface area (Å²) in [5.41, 5.74) is 2.08. The number of nitrogens with zero attached hydrogens (tertiary/aromatic N) is 1. The normalized spacial score (nSPS) is 10.7. The Hall–Kier alpha value is -2.05. The Kier molecular flexibility index (Phi) is 5.72. The molecule has 0 saturated carbocycles. The monoisotopic (exact) mass is 359 g/mol. The second kappa shape index (κ2) is 8.17. The van der Waals surface area contributed by atoms with Crippen LogP contribution < -0.4 is 4.74 Å². The number of carbonyl (C=O) groups is 1. The summed E-state index contributed by atoms with van der Waals surface area (Å²) in [6, 6.07) is 15.7. The zero-order valence-corrected chi connectivity index (χ0v) is 14.9. The zero-order valence-electron chi connectivity index (χ0n) is 13.2. The Labute approximate surface area is 148 Å². The molecule has 0 unspecified atom stereocenters. The Balaban J connectivity index is 1.42. The van der Waals surface area contributed by atoms with Crippen molar-refractivity contribution in [2.75, 3.05) is 19.5 Å². The van der Waals surface area contributed by atoms with Crippen LogP contribution in [-0.4, -0.2) is 30.4 Å². The highest BCUT2D eigenvalue weighted by molar-refractivity contribution is 8.01. The number of aromatic nitrogens is 1. The van der Waals surface area contributed by atoms with E-state index in [2.05, 4.69) is 4.98 Å². The number of para-hydroxylation sites is 1. The minimum Gasteiger partial charge on any atom is -0.497 e. The van der Waals surface area contributed by atoms with Crippen LogP contribution in [0.4, 0.5) is 0 Å². The number of thiazole rings is 1. The van der Waals surface area contributed by atoms with Crippen LogP contribution in [0.1, 0.15) is 5.56 Å². The summed E-state index contributed by atoms with van der Waals surface area (Å²) in [5, 5.41) is 0. The Morgan fingerprint density at radius 3 is 2.71 bits per heavy atom. The minimum atomic E-state index is -0.215. The average Bonchev–Trinajstić information content (AvgIpc) is 3.03. The van der Waals surface area contributed by atoms with Crippen LogP contribution in [0.3, 0.4) is 0 Å². The molecule has 0 spiro atoms. The predicted octanol–water partition coefficient (Wildman–Crippen LogP) is 4.18. The van der Waals surface area contributed by atoms with Crippen molar-refractivity contribution in [1.29, 1.82) is 0 Å². The zero-order chi connectivity index (χ0) is 16.8. The molecule has 0 aliphatic heterocycles. The first-order valence-corrected chi connectivity index (χ1v) is 9.32. The smallest absolute Gasteiger partial charge is 0.316 e. The van der Waals surface area contributed by atoms with Crippen LogP contribution in [0.25, 0.3) is 10.2 Å².